The van der Waals surface area contributed by atoms with Crippen LogP contribution in [0.5, 0.6) is 0 Å². The van der Waals surface area contributed by atoms with Crippen molar-refractivity contribution in [3.8, 4) is 0 Å². The van der Waals surface area contributed by atoms with E-state index in [1.165, 1.54) is 18.0 Å². The quantitative estimate of drug-likeness (QED) is 0.621. The van der Waals surface area contributed by atoms with Crippen molar-refractivity contribution in [2.45, 2.75) is 17.6 Å². The lowest BCUT2D eigenvalue weighted by Gasteiger charge is -2.08. The van der Waals surface area contributed by atoms with Crippen molar-refractivity contribution in [2.24, 2.45) is 0 Å². The van der Waals surface area contributed by atoms with Gasteiger partial charge in [0.15, 0.2) is 0 Å². The number of ether oxygens (including phenoxy) is 1. The van der Waals surface area contributed by atoms with Crippen LogP contribution in [-0.2, 0) is 4.74 Å². The van der Waals surface area contributed by atoms with Crippen LogP contribution in [0.25, 0.3) is 0 Å². The minimum Gasteiger partial charge on any atom is -0.372 e. The number of nitrogens with one attached hydrogen (secondary N) is 1. The minimum atomic E-state index is -4.31. The molecule has 1 rings (SSSR count). The zero-order valence-corrected chi connectivity index (χ0v) is 11.7. The van der Waals surface area contributed by atoms with Crippen molar-refractivity contribution in [2.75, 3.05) is 26.0 Å². The molecule has 0 aliphatic heterocycles. The Balaban J connectivity index is 2.23. The maximum atomic E-state index is 11.8. The van der Waals surface area contributed by atoms with E-state index in [0.29, 0.717) is 12.0 Å². The third kappa shape index (κ3) is 6.76. The average Bonchev–Trinajstić information content (AvgIpc) is 2.41. The lowest BCUT2D eigenvalue weighted by molar-refractivity contribution is -0.173. The van der Waals surface area contributed by atoms with Crippen molar-refractivity contribution < 1.29 is 22.7 Å². The van der Waals surface area contributed by atoms with Crippen molar-refractivity contribution in [1.82, 2.24) is 10.3 Å². The number of carbonyl (C=O) groups excluding carboxylic acids is 1. The smallest absolute Gasteiger partial charge is 0.372 e. The first-order chi connectivity index (χ1) is 9.42. The fourth-order valence-corrected chi connectivity index (χ4v) is 1.74. The average molecular weight is 308 g/mol. The fourth-order valence-electron chi connectivity index (χ4n) is 1.33. The van der Waals surface area contributed by atoms with Crippen LogP contribution in [-0.4, -0.2) is 43.1 Å². The first-order valence-corrected chi connectivity index (χ1v) is 7.07. The molecular formula is C12H15F3N2O2S. The predicted molar refractivity (Wildman–Crippen MR) is 69.8 cm³/mol. The number of halogens is 3. The van der Waals surface area contributed by atoms with E-state index in [2.05, 4.69) is 15.0 Å². The summed E-state index contributed by atoms with van der Waals surface area (Å²) in [6.45, 7) is -1.05. The number of alkyl halides is 3. The van der Waals surface area contributed by atoms with Gasteiger partial charge in [0.25, 0.3) is 5.91 Å². The highest BCUT2D eigenvalue weighted by Crippen LogP contribution is 2.14. The number of pyridine rings is 1. The summed E-state index contributed by atoms with van der Waals surface area (Å²) < 4.78 is 39.8. The third-order valence-corrected chi connectivity index (χ3v) is 2.86. The molecule has 112 valence electrons. The highest BCUT2D eigenvalue weighted by molar-refractivity contribution is 7.98. The van der Waals surface area contributed by atoms with Crippen LogP contribution in [0.1, 0.15) is 16.8 Å². The second-order valence-electron chi connectivity index (χ2n) is 3.86. The number of amides is 1. The molecule has 0 aromatic carbocycles. The zero-order valence-electron chi connectivity index (χ0n) is 10.9. The standard InChI is InChI=1S/C12H15F3N2O2S/c1-20-10-7-9(3-5-16-10)11(18)17-4-2-6-19-8-12(13,14)15/h3,5,7H,2,4,6,8H2,1H3,(H,17,18). The molecule has 0 atom stereocenters. The Morgan fingerprint density at radius 1 is 1.50 bits per heavy atom. The molecule has 1 heterocycles. The Hall–Kier alpha value is -1.28. The Bertz CT molecular complexity index is 441. The second kappa shape index (κ2) is 8.11. The molecule has 0 fully saturated rings. The van der Waals surface area contributed by atoms with Gasteiger partial charge >= 0.3 is 6.18 Å². The van der Waals surface area contributed by atoms with Crippen LogP contribution in [0, 0.1) is 0 Å². The first kappa shape index (κ1) is 16.8. The summed E-state index contributed by atoms with van der Waals surface area (Å²) >= 11 is 1.42. The Labute approximate surface area is 119 Å². The van der Waals surface area contributed by atoms with Gasteiger partial charge in [-0.1, -0.05) is 0 Å². The van der Waals surface area contributed by atoms with E-state index in [-0.39, 0.29) is 19.1 Å². The highest BCUT2D eigenvalue weighted by Gasteiger charge is 2.27. The molecule has 20 heavy (non-hydrogen) atoms. The van der Waals surface area contributed by atoms with Gasteiger partial charge in [-0.25, -0.2) is 4.98 Å². The van der Waals surface area contributed by atoms with Gasteiger partial charge in [-0.2, -0.15) is 13.2 Å². The number of aromatic nitrogens is 1. The van der Waals surface area contributed by atoms with E-state index in [9.17, 15) is 18.0 Å². The maximum Gasteiger partial charge on any atom is 0.411 e. The van der Waals surface area contributed by atoms with Crippen molar-refractivity contribution in [3.05, 3.63) is 23.9 Å². The lowest BCUT2D eigenvalue weighted by Crippen LogP contribution is -2.26. The molecule has 0 saturated carbocycles. The van der Waals surface area contributed by atoms with Gasteiger partial charge in [-0.15, -0.1) is 11.8 Å². The summed E-state index contributed by atoms with van der Waals surface area (Å²) in [5, 5.41) is 3.34. The molecule has 4 nitrogen and oxygen atoms in total. The van der Waals surface area contributed by atoms with E-state index in [4.69, 9.17) is 0 Å². The largest absolute Gasteiger partial charge is 0.411 e. The molecule has 0 saturated heterocycles. The maximum absolute atomic E-state index is 11.8. The number of hydrogen-bond donors (Lipinski definition) is 1. The lowest BCUT2D eigenvalue weighted by atomic mass is 10.2. The number of thioether (sulfide) groups is 1. The number of hydrogen-bond acceptors (Lipinski definition) is 4. The molecule has 0 aliphatic rings. The van der Waals surface area contributed by atoms with Gasteiger partial charge in [0.2, 0.25) is 0 Å². The summed E-state index contributed by atoms with van der Waals surface area (Å²) in [4.78, 5) is 15.8. The topological polar surface area (TPSA) is 51.2 Å². The van der Waals surface area contributed by atoms with E-state index in [0.717, 1.165) is 5.03 Å². The molecule has 8 heteroatoms. The molecule has 0 radical (unpaired) electrons. The third-order valence-electron chi connectivity index (χ3n) is 2.22. The van der Waals surface area contributed by atoms with E-state index < -0.39 is 12.8 Å². The fraction of sp³-hybridized carbons (Fsp3) is 0.500. The number of nitrogens with zero attached hydrogens (tertiary/aromatic N) is 1. The molecule has 0 bridgehead atoms. The summed E-state index contributed by atoms with van der Waals surface area (Å²) in [7, 11) is 0. The van der Waals surface area contributed by atoms with Crippen LogP contribution in [0.15, 0.2) is 23.4 Å². The first-order valence-electron chi connectivity index (χ1n) is 5.85. The van der Waals surface area contributed by atoms with Crippen molar-refractivity contribution in [3.63, 3.8) is 0 Å². The molecular weight excluding hydrogens is 293 g/mol. The number of rotatable bonds is 7. The van der Waals surface area contributed by atoms with Gasteiger partial charge in [-0.05, 0) is 24.8 Å². The van der Waals surface area contributed by atoms with E-state index in [1.807, 2.05) is 6.26 Å². The molecule has 0 unspecified atom stereocenters. The van der Waals surface area contributed by atoms with E-state index >= 15 is 0 Å². The van der Waals surface area contributed by atoms with Crippen molar-refractivity contribution in [1.29, 1.82) is 0 Å². The van der Waals surface area contributed by atoms with Gasteiger partial charge in [0.05, 0.1) is 5.03 Å². The monoisotopic (exact) mass is 308 g/mol. The van der Waals surface area contributed by atoms with Gasteiger partial charge in [-0.3, -0.25) is 4.79 Å². The summed E-state index contributed by atoms with van der Waals surface area (Å²) in [5.74, 6) is -0.279. The normalized spacial score (nSPS) is 11.4. The second-order valence-corrected chi connectivity index (χ2v) is 4.69. The molecule has 1 aromatic rings. The van der Waals surface area contributed by atoms with Crippen LogP contribution in [0.3, 0.4) is 0 Å². The molecule has 1 N–H and O–H groups in total. The van der Waals surface area contributed by atoms with Crippen LogP contribution >= 0.6 is 11.8 Å². The number of carbonyl (C=O) groups is 1. The van der Waals surface area contributed by atoms with Gasteiger partial charge in [0.1, 0.15) is 6.61 Å². The minimum absolute atomic E-state index is 0.0494. The summed E-state index contributed by atoms with van der Waals surface area (Å²) in [6.07, 6.45) is -0.605. The molecule has 0 spiro atoms. The van der Waals surface area contributed by atoms with Crippen LogP contribution < -0.4 is 5.32 Å². The van der Waals surface area contributed by atoms with Crippen molar-refractivity contribution >= 4 is 17.7 Å². The Morgan fingerprint density at radius 2 is 2.25 bits per heavy atom. The SMILES string of the molecule is CSc1cc(C(=O)NCCCOCC(F)(F)F)ccn1. The Morgan fingerprint density at radius 3 is 2.90 bits per heavy atom. The summed E-state index contributed by atoms with van der Waals surface area (Å²) in [6, 6.07) is 3.23. The van der Waals surface area contributed by atoms with Gasteiger partial charge < -0.3 is 10.1 Å². The predicted octanol–water partition coefficient (Wildman–Crippen LogP) is 2.50. The van der Waals surface area contributed by atoms with Crippen LogP contribution in [0.4, 0.5) is 13.2 Å². The molecule has 1 aromatic heterocycles. The molecule has 0 aliphatic carbocycles. The Kier molecular flexibility index (Phi) is 6.80. The van der Waals surface area contributed by atoms with Gasteiger partial charge in [0, 0.05) is 24.9 Å². The summed E-state index contributed by atoms with van der Waals surface area (Å²) in [5.41, 5.74) is 0.473. The van der Waals surface area contributed by atoms with E-state index in [1.54, 1.807) is 12.1 Å². The molecule has 1 amide bonds. The van der Waals surface area contributed by atoms with Crippen LogP contribution in [0.2, 0.25) is 0 Å². The zero-order chi connectivity index (χ0) is 15.0. The highest BCUT2D eigenvalue weighted by atomic mass is 32.2.